The smallest absolute Gasteiger partial charge is 0.182 e. The third-order valence-electron chi connectivity index (χ3n) is 3.79. The van der Waals surface area contributed by atoms with Crippen molar-refractivity contribution >= 4 is 27.9 Å². The molecule has 0 fully saturated rings. The first kappa shape index (κ1) is 13.5. The number of nitrogens with zero attached hydrogens (tertiary/aromatic N) is 4. The van der Waals surface area contributed by atoms with Gasteiger partial charge in [-0.2, -0.15) is 0 Å². The maximum Gasteiger partial charge on any atom is 0.182 e. The fraction of sp³-hybridized carbons (Fsp3) is 0.0556. The number of aryl methyl sites for hydroxylation is 1. The summed E-state index contributed by atoms with van der Waals surface area (Å²) in [5.41, 5.74) is 2.00. The molecule has 23 heavy (non-hydrogen) atoms. The Bertz CT molecular complexity index is 1040. The molecule has 1 N–H and O–H groups in total. The first-order valence-electron chi connectivity index (χ1n) is 7.30. The van der Waals surface area contributed by atoms with Gasteiger partial charge in [-0.05, 0) is 30.5 Å². The first-order valence-corrected chi connectivity index (χ1v) is 7.30. The second kappa shape index (κ2) is 5.21. The highest BCUT2D eigenvalue weighted by Crippen LogP contribution is 2.30. The van der Waals surface area contributed by atoms with Gasteiger partial charge in [0, 0.05) is 11.6 Å². The zero-order valence-electron chi connectivity index (χ0n) is 12.5. The Balaban J connectivity index is 1.85. The van der Waals surface area contributed by atoms with Gasteiger partial charge in [-0.25, -0.2) is 4.98 Å². The van der Waals surface area contributed by atoms with Crippen molar-refractivity contribution in [2.75, 3.05) is 0 Å². The van der Waals surface area contributed by atoms with Gasteiger partial charge >= 0.3 is 0 Å². The summed E-state index contributed by atoms with van der Waals surface area (Å²) < 4.78 is 1.74. The van der Waals surface area contributed by atoms with Crippen LogP contribution in [0.1, 0.15) is 5.69 Å². The molecule has 5 heteroatoms. The molecule has 0 saturated carbocycles. The molecule has 0 spiro atoms. The van der Waals surface area contributed by atoms with Gasteiger partial charge in [0.1, 0.15) is 0 Å². The van der Waals surface area contributed by atoms with E-state index >= 15 is 0 Å². The molecule has 0 aliphatic heterocycles. The maximum atomic E-state index is 9.88. The van der Waals surface area contributed by atoms with E-state index in [0.717, 1.165) is 22.2 Å². The number of benzene rings is 2. The fourth-order valence-electron chi connectivity index (χ4n) is 2.67. The van der Waals surface area contributed by atoms with Crippen LogP contribution in [0.2, 0.25) is 0 Å². The highest BCUT2D eigenvalue weighted by Gasteiger charge is 2.10. The highest BCUT2D eigenvalue weighted by atomic mass is 16.3. The van der Waals surface area contributed by atoms with Crippen molar-refractivity contribution in [1.82, 2.24) is 9.38 Å². The number of fused-ring (bicyclic) bond motifs is 2. The van der Waals surface area contributed by atoms with Crippen LogP contribution >= 0.6 is 0 Å². The first-order chi connectivity index (χ1) is 11.2. The van der Waals surface area contributed by atoms with Crippen LogP contribution in [-0.4, -0.2) is 14.5 Å². The molecule has 4 aromatic rings. The molecule has 0 unspecified atom stereocenters. The summed E-state index contributed by atoms with van der Waals surface area (Å²) in [6.45, 7) is 1.85. The minimum atomic E-state index is 0.127. The molecular formula is C18H14N4O. The highest BCUT2D eigenvalue weighted by molar-refractivity contribution is 5.92. The van der Waals surface area contributed by atoms with Crippen LogP contribution in [-0.2, 0) is 0 Å². The molecule has 0 saturated heterocycles. The van der Waals surface area contributed by atoms with Crippen molar-refractivity contribution in [3.8, 4) is 5.75 Å². The second-order valence-corrected chi connectivity index (χ2v) is 5.31. The zero-order chi connectivity index (χ0) is 15.8. The largest absolute Gasteiger partial charge is 0.504 e. The number of hydrogen-bond donors (Lipinski definition) is 1. The summed E-state index contributed by atoms with van der Waals surface area (Å²) in [5.74, 6) is 0.742. The molecule has 2 aromatic heterocycles. The van der Waals surface area contributed by atoms with Crippen LogP contribution < -0.4 is 0 Å². The molecule has 5 nitrogen and oxygen atoms in total. The zero-order valence-corrected chi connectivity index (χ0v) is 12.5. The van der Waals surface area contributed by atoms with E-state index in [-0.39, 0.29) is 5.75 Å². The lowest BCUT2D eigenvalue weighted by molar-refractivity contribution is 0.477. The molecule has 0 aliphatic rings. The molecule has 4 rings (SSSR count). The standard InChI is InChI=1S/C18H14N4O/c1-12-17(22-11-5-10-16(23)18(22)19-12)21-20-15-9-4-7-13-6-2-3-8-14(13)15/h2-11,23H,1H3. The fourth-order valence-corrected chi connectivity index (χ4v) is 2.67. The number of azo groups is 1. The molecule has 112 valence electrons. The lowest BCUT2D eigenvalue weighted by atomic mass is 10.1. The van der Waals surface area contributed by atoms with E-state index in [1.54, 1.807) is 16.5 Å². The van der Waals surface area contributed by atoms with Crippen LogP contribution in [0.3, 0.4) is 0 Å². The average Bonchev–Trinajstić information content (AvgIpc) is 2.90. The summed E-state index contributed by atoms with van der Waals surface area (Å²) in [5, 5.41) is 20.8. The Kier molecular flexibility index (Phi) is 3.05. The number of aromatic hydroxyl groups is 1. The molecule has 2 aromatic carbocycles. The van der Waals surface area contributed by atoms with Gasteiger partial charge in [0.05, 0.1) is 11.4 Å². The van der Waals surface area contributed by atoms with E-state index in [0.29, 0.717) is 11.5 Å². The van der Waals surface area contributed by atoms with Gasteiger partial charge in [-0.1, -0.05) is 36.4 Å². The molecule has 0 atom stereocenters. The number of aromatic nitrogens is 2. The number of hydrogen-bond acceptors (Lipinski definition) is 4. The monoisotopic (exact) mass is 302 g/mol. The third kappa shape index (κ3) is 2.23. The number of rotatable bonds is 2. The number of imidazole rings is 1. The van der Waals surface area contributed by atoms with Gasteiger partial charge in [0.25, 0.3) is 0 Å². The van der Waals surface area contributed by atoms with Crippen molar-refractivity contribution in [1.29, 1.82) is 0 Å². The summed E-state index contributed by atoms with van der Waals surface area (Å²) in [4.78, 5) is 4.35. The van der Waals surface area contributed by atoms with Crippen molar-refractivity contribution in [2.24, 2.45) is 10.2 Å². The van der Waals surface area contributed by atoms with Crippen LogP contribution in [0.4, 0.5) is 11.5 Å². The second-order valence-electron chi connectivity index (χ2n) is 5.31. The van der Waals surface area contributed by atoms with E-state index in [2.05, 4.69) is 15.2 Å². The molecule has 0 amide bonds. The predicted molar refractivity (Wildman–Crippen MR) is 89.7 cm³/mol. The van der Waals surface area contributed by atoms with E-state index in [4.69, 9.17) is 0 Å². The Morgan fingerprint density at radius 1 is 0.957 bits per heavy atom. The summed E-state index contributed by atoms with van der Waals surface area (Å²) in [7, 11) is 0. The Labute approximate surface area is 132 Å². The van der Waals surface area contributed by atoms with Gasteiger partial charge in [0.15, 0.2) is 17.2 Å². The number of pyridine rings is 1. The average molecular weight is 302 g/mol. The molecular weight excluding hydrogens is 288 g/mol. The topological polar surface area (TPSA) is 62.2 Å². The van der Waals surface area contributed by atoms with Crippen LogP contribution in [0.5, 0.6) is 5.75 Å². The normalized spacial score (nSPS) is 11.7. The van der Waals surface area contributed by atoms with E-state index in [1.165, 1.54) is 0 Å². The Hall–Kier alpha value is -3.21. The molecule has 2 heterocycles. The Morgan fingerprint density at radius 3 is 2.70 bits per heavy atom. The summed E-state index contributed by atoms with van der Waals surface area (Å²) in [6.07, 6.45) is 1.81. The van der Waals surface area contributed by atoms with Gasteiger partial charge < -0.3 is 5.11 Å². The quantitative estimate of drug-likeness (QED) is 0.534. The SMILES string of the molecule is Cc1nc2c(O)cccn2c1N=Nc1cccc2ccccc12. The minimum absolute atomic E-state index is 0.127. The maximum absolute atomic E-state index is 9.88. The van der Waals surface area contributed by atoms with Crippen LogP contribution in [0.25, 0.3) is 16.4 Å². The van der Waals surface area contributed by atoms with E-state index < -0.39 is 0 Å². The molecule has 0 aliphatic carbocycles. The van der Waals surface area contributed by atoms with Gasteiger partial charge in [-0.3, -0.25) is 4.40 Å². The van der Waals surface area contributed by atoms with Crippen LogP contribution in [0, 0.1) is 6.92 Å². The van der Waals surface area contributed by atoms with Gasteiger partial charge in [-0.15, -0.1) is 10.2 Å². The van der Waals surface area contributed by atoms with Crippen molar-refractivity contribution < 1.29 is 5.11 Å². The van der Waals surface area contributed by atoms with Gasteiger partial charge in [0.2, 0.25) is 0 Å². The lowest BCUT2D eigenvalue weighted by Crippen LogP contribution is -1.82. The molecule has 0 bridgehead atoms. The summed E-state index contributed by atoms with van der Waals surface area (Å²) in [6, 6.07) is 17.4. The minimum Gasteiger partial charge on any atom is -0.504 e. The van der Waals surface area contributed by atoms with Crippen molar-refractivity contribution in [3.63, 3.8) is 0 Å². The van der Waals surface area contributed by atoms with E-state index in [1.807, 2.05) is 55.6 Å². The third-order valence-corrected chi connectivity index (χ3v) is 3.79. The predicted octanol–water partition coefficient (Wildman–Crippen LogP) is 4.92. The van der Waals surface area contributed by atoms with Crippen LogP contribution in [0.15, 0.2) is 71.0 Å². The molecule has 0 radical (unpaired) electrons. The van der Waals surface area contributed by atoms with E-state index in [9.17, 15) is 5.11 Å². The Morgan fingerprint density at radius 2 is 1.78 bits per heavy atom. The lowest BCUT2D eigenvalue weighted by Gasteiger charge is -2.01. The summed E-state index contributed by atoms with van der Waals surface area (Å²) >= 11 is 0. The van der Waals surface area contributed by atoms with Crippen molar-refractivity contribution in [3.05, 3.63) is 66.5 Å². The van der Waals surface area contributed by atoms with Crippen molar-refractivity contribution in [2.45, 2.75) is 6.92 Å².